The van der Waals surface area contributed by atoms with Crippen LogP contribution in [0.25, 0.3) is 0 Å². The summed E-state index contributed by atoms with van der Waals surface area (Å²) in [6.07, 6.45) is 0. The third kappa shape index (κ3) is 1.72. The van der Waals surface area contributed by atoms with E-state index in [1.807, 2.05) is 48.5 Å². The molecule has 19 heavy (non-hydrogen) atoms. The highest BCUT2D eigenvalue weighted by Gasteiger charge is 2.44. The van der Waals surface area contributed by atoms with Crippen molar-refractivity contribution in [2.45, 2.75) is 19.9 Å². The molecule has 0 bridgehead atoms. The minimum Gasteiger partial charge on any atom is -0.404 e. The van der Waals surface area contributed by atoms with Crippen LogP contribution in [0.15, 0.2) is 48.5 Å². The Kier molecular flexibility index (Phi) is 2.74. The predicted octanol–water partition coefficient (Wildman–Crippen LogP) is 1.09. The molecule has 4 heteroatoms. The zero-order valence-corrected chi connectivity index (χ0v) is 12.0. The molecule has 3 rings (SSSR count). The van der Waals surface area contributed by atoms with E-state index in [2.05, 4.69) is 18.7 Å². The fourth-order valence-corrected chi connectivity index (χ4v) is 4.86. The monoisotopic (exact) mass is 271 g/mol. The van der Waals surface area contributed by atoms with Gasteiger partial charge in [-0.25, -0.2) is 0 Å². The molecule has 0 aromatic heterocycles. The van der Waals surface area contributed by atoms with Crippen molar-refractivity contribution in [3.8, 4) is 0 Å². The van der Waals surface area contributed by atoms with E-state index in [-0.39, 0.29) is 6.04 Å². The summed E-state index contributed by atoms with van der Waals surface area (Å²) in [5.74, 6) is 0. The van der Waals surface area contributed by atoms with Crippen LogP contribution in [0.2, 0.25) is 0 Å². The maximum atomic E-state index is 10.6. The normalized spacial score (nSPS) is 16.2. The molecule has 2 aromatic rings. The van der Waals surface area contributed by atoms with Gasteiger partial charge in [-0.1, -0.05) is 36.4 Å². The molecule has 98 valence electrons. The molecular formula is C15H17NO2Si. The summed E-state index contributed by atoms with van der Waals surface area (Å²) >= 11 is 0. The molecule has 0 unspecified atom stereocenters. The van der Waals surface area contributed by atoms with Crippen molar-refractivity contribution >= 4 is 30.3 Å². The summed E-state index contributed by atoms with van der Waals surface area (Å²) in [6.45, 7) is 4.22. The Bertz CT molecular complexity index is 576. The first-order valence-corrected chi connectivity index (χ1v) is 8.36. The molecule has 1 aliphatic rings. The lowest BCUT2D eigenvalue weighted by molar-refractivity contribution is 0.400. The molecule has 0 radical (unpaired) electrons. The summed E-state index contributed by atoms with van der Waals surface area (Å²) in [7, 11) is -3.56. The van der Waals surface area contributed by atoms with Gasteiger partial charge in [0.1, 0.15) is 0 Å². The van der Waals surface area contributed by atoms with Crippen LogP contribution >= 0.6 is 0 Å². The van der Waals surface area contributed by atoms with Crippen LogP contribution in [0.3, 0.4) is 0 Å². The van der Waals surface area contributed by atoms with E-state index in [9.17, 15) is 9.59 Å². The number of hydrogen-bond acceptors (Lipinski definition) is 3. The molecule has 0 fully saturated rings. The minimum atomic E-state index is -3.56. The Morgan fingerprint density at radius 1 is 0.842 bits per heavy atom. The van der Waals surface area contributed by atoms with E-state index >= 15 is 0 Å². The van der Waals surface area contributed by atoms with Crippen molar-refractivity contribution in [3.63, 3.8) is 0 Å². The number of para-hydroxylation sites is 2. The molecule has 0 saturated heterocycles. The molecule has 0 amide bonds. The van der Waals surface area contributed by atoms with Crippen molar-refractivity contribution in [2.75, 3.05) is 4.90 Å². The zero-order chi connectivity index (χ0) is 13.6. The summed E-state index contributed by atoms with van der Waals surface area (Å²) < 4.78 is 0. The molecule has 0 saturated carbocycles. The summed E-state index contributed by atoms with van der Waals surface area (Å²) in [5.41, 5.74) is 1.82. The maximum Gasteiger partial charge on any atom is 0.405 e. The number of fused-ring (bicyclic) bond motifs is 2. The quantitative estimate of drug-likeness (QED) is 0.763. The third-order valence-corrected chi connectivity index (χ3v) is 5.94. The average Bonchev–Trinajstić information content (AvgIpc) is 2.39. The summed E-state index contributed by atoms with van der Waals surface area (Å²) in [5, 5.41) is 1.34. The Hall–Kier alpha value is -1.62. The third-order valence-electron chi connectivity index (χ3n) is 3.59. The highest BCUT2D eigenvalue weighted by molar-refractivity contribution is 6.93. The Labute approximate surface area is 114 Å². The van der Waals surface area contributed by atoms with Crippen molar-refractivity contribution in [1.82, 2.24) is 0 Å². The van der Waals surface area contributed by atoms with Gasteiger partial charge in [0.05, 0.1) is 0 Å². The smallest absolute Gasteiger partial charge is 0.404 e. The fraction of sp³-hybridized carbons (Fsp3) is 0.200. The molecule has 0 spiro atoms. The van der Waals surface area contributed by atoms with Crippen LogP contribution in [0.4, 0.5) is 11.4 Å². The molecule has 2 aromatic carbocycles. The van der Waals surface area contributed by atoms with Crippen LogP contribution in [0.5, 0.6) is 0 Å². The summed E-state index contributed by atoms with van der Waals surface area (Å²) in [4.78, 5) is 23.5. The number of nitrogens with zero attached hydrogens (tertiary/aromatic N) is 1. The van der Waals surface area contributed by atoms with Crippen molar-refractivity contribution in [3.05, 3.63) is 48.5 Å². The second-order valence-corrected chi connectivity index (χ2v) is 7.59. The molecule has 3 nitrogen and oxygen atoms in total. The van der Waals surface area contributed by atoms with Gasteiger partial charge in [-0.3, -0.25) is 0 Å². The molecule has 0 atom stereocenters. The fourth-order valence-electron chi connectivity index (χ4n) is 2.79. The lowest BCUT2D eigenvalue weighted by atomic mass is 10.1. The van der Waals surface area contributed by atoms with Gasteiger partial charge in [0, 0.05) is 27.8 Å². The zero-order valence-electron chi connectivity index (χ0n) is 11.0. The number of hydrogen-bond donors (Lipinski definition) is 2. The van der Waals surface area contributed by atoms with Gasteiger partial charge in [-0.05, 0) is 26.0 Å². The Morgan fingerprint density at radius 3 is 1.68 bits per heavy atom. The first-order chi connectivity index (χ1) is 9.03. The Morgan fingerprint density at radius 2 is 1.26 bits per heavy atom. The van der Waals surface area contributed by atoms with Crippen LogP contribution in [-0.4, -0.2) is 24.2 Å². The van der Waals surface area contributed by atoms with Gasteiger partial charge in [0.25, 0.3) is 0 Å². The van der Waals surface area contributed by atoms with Crippen LogP contribution in [-0.2, 0) is 0 Å². The van der Waals surface area contributed by atoms with Crippen LogP contribution in [0, 0.1) is 0 Å². The molecule has 0 aliphatic carbocycles. The lowest BCUT2D eigenvalue weighted by Crippen LogP contribution is -2.64. The number of anilines is 2. The highest BCUT2D eigenvalue weighted by Crippen LogP contribution is 2.31. The van der Waals surface area contributed by atoms with Gasteiger partial charge in [-0.15, -0.1) is 0 Å². The predicted molar refractivity (Wildman–Crippen MR) is 79.6 cm³/mol. The highest BCUT2D eigenvalue weighted by atomic mass is 28.4. The van der Waals surface area contributed by atoms with E-state index in [1.54, 1.807) is 0 Å². The van der Waals surface area contributed by atoms with Gasteiger partial charge in [0.15, 0.2) is 0 Å². The lowest BCUT2D eigenvalue weighted by Gasteiger charge is -2.40. The topological polar surface area (TPSA) is 43.7 Å². The Balaban J connectivity index is 2.34. The number of rotatable bonds is 1. The standard InChI is InChI=1S/C15H17NO2Si/c1-11(2)16-12-7-3-5-9-14(12)19(17,18)15-10-6-4-8-13(15)16/h3-11,17-18H,1-2H3. The first kappa shape index (κ1) is 12.4. The van der Waals surface area contributed by atoms with Crippen molar-refractivity contribution < 1.29 is 9.59 Å². The van der Waals surface area contributed by atoms with E-state index < -0.39 is 8.56 Å². The molecular weight excluding hydrogens is 254 g/mol. The van der Waals surface area contributed by atoms with E-state index in [1.165, 1.54) is 0 Å². The van der Waals surface area contributed by atoms with Crippen molar-refractivity contribution in [2.24, 2.45) is 0 Å². The molecule has 1 heterocycles. The SMILES string of the molecule is CC(C)N1c2ccccc2[Si](O)(O)c2ccccc21. The van der Waals surface area contributed by atoms with Gasteiger partial charge in [-0.2, -0.15) is 0 Å². The van der Waals surface area contributed by atoms with E-state index in [0.29, 0.717) is 10.4 Å². The van der Waals surface area contributed by atoms with E-state index in [4.69, 9.17) is 0 Å². The van der Waals surface area contributed by atoms with Gasteiger partial charge < -0.3 is 14.5 Å². The first-order valence-electron chi connectivity index (χ1n) is 6.46. The minimum absolute atomic E-state index is 0.257. The van der Waals surface area contributed by atoms with Crippen molar-refractivity contribution in [1.29, 1.82) is 0 Å². The maximum absolute atomic E-state index is 10.6. The second kappa shape index (κ2) is 4.20. The second-order valence-electron chi connectivity index (χ2n) is 5.17. The average molecular weight is 271 g/mol. The molecule has 1 aliphatic heterocycles. The van der Waals surface area contributed by atoms with E-state index in [0.717, 1.165) is 11.4 Å². The molecule has 2 N–H and O–H groups in total. The number of benzene rings is 2. The largest absolute Gasteiger partial charge is 0.405 e. The van der Waals surface area contributed by atoms with Crippen LogP contribution in [0.1, 0.15) is 13.8 Å². The van der Waals surface area contributed by atoms with Gasteiger partial charge >= 0.3 is 8.56 Å². The van der Waals surface area contributed by atoms with Gasteiger partial charge in [0.2, 0.25) is 0 Å². The summed E-state index contributed by atoms with van der Waals surface area (Å²) in [6, 6.07) is 15.4. The van der Waals surface area contributed by atoms with Crippen LogP contribution < -0.4 is 15.3 Å².